The van der Waals surface area contributed by atoms with Gasteiger partial charge in [0.05, 0.1) is 17.1 Å². The second kappa shape index (κ2) is 6.33. The van der Waals surface area contributed by atoms with E-state index in [-0.39, 0.29) is 18.2 Å². The number of nitrogens with zero attached hydrogens (tertiary/aromatic N) is 2. The molecule has 1 N–H and O–H groups in total. The average molecular weight is 338 g/mol. The van der Waals surface area contributed by atoms with Crippen LogP contribution in [-0.2, 0) is 6.61 Å². The third-order valence-corrected chi connectivity index (χ3v) is 3.02. The van der Waals surface area contributed by atoms with Crippen LogP contribution in [0.25, 0.3) is 0 Å². The van der Waals surface area contributed by atoms with Gasteiger partial charge in [0.1, 0.15) is 12.4 Å². The first-order valence-corrected chi connectivity index (χ1v) is 6.59. The van der Waals surface area contributed by atoms with Gasteiger partial charge in [-0.2, -0.15) is 4.98 Å². The normalized spacial score (nSPS) is 10.1. The molecule has 0 fully saturated rings. The van der Waals surface area contributed by atoms with Gasteiger partial charge in [-0.05, 0) is 17.7 Å². The highest BCUT2D eigenvalue weighted by atomic mass is 79.9. The molecule has 0 bridgehead atoms. The molecule has 0 amide bonds. The van der Waals surface area contributed by atoms with Crippen LogP contribution in [0.3, 0.4) is 0 Å². The second-order valence-corrected chi connectivity index (χ2v) is 4.89. The summed E-state index contributed by atoms with van der Waals surface area (Å²) in [6.45, 7) is 0.288. The highest BCUT2D eigenvalue weighted by Gasteiger charge is 2.11. The molecule has 104 valence electrons. The van der Waals surface area contributed by atoms with Crippen LogP contribution in [0.5, 0.6) is 5.88 Å². The van der Waals surface area contributed by atoms with Crippen LogP contribution < -0.4 is 10.1 Å². The van der Waals surface area contributed by atoms with Gasteiger partial charge in [-0.25, -0.2) is 0 Å². The SMILES string of the molecule is CNc1cc([N+](=O)[O-])cc(OCc2cccc(Br)c2)n1. The maximum atomic E-state index is 10.8. The fourth-order valence-corrected chi connectivity index (χ4v) is 2.03. The monoisotopic (exact) mass is 337 g/mol. The summed E-state index contributed by atoms with van der Waals surface area (Å²) in [7, 11) is 1.64. The van der Waals surface area contributed by atoms with Crippen molar-refractivity contribution in [3.8, 4) is 5.88 Å². The molecule has 7 heteroatoms. The maximum absolute atomic E-state index is 10.8. The highest BCUT2D eigenvalue weighted by Crippen LogP contribution is 2.23. The van der Waals surface area contributed by atoms with Crippen LogP contribution in [0.15, 0.2) is 40.9 Å². The molecule has 0 saturated heterocycles. The van der Waals surface area contributed by atoms with Crippen molar-refractivity contribution in [2.45, 2.75) is 6.61 Å². The third kappa shape index (κ3) is 3.67. The highest BCUT2D eigenvalue weighted by molar-refractivity contribution is 9.10. The van der Waals surface area contributed by atoms with Crippen molar-refractivity contribution in [1.29, 1.82) is 0 Å². The minimum absolute atomic E-state index is 0.0615. The van der Waals surface area contributed by atoms with Crippen LogP contribution in [0.2, 0.25) is 0 Å². The molecule has 0 atom stereocenters. The number of anilines is 1. The van der Waals surface area contributed by atoms with Gasteiger partial charge in [-0.3, -0.25) is 10.1 Å². The van der Waals surface area contributed by atoms with Crippen LogP contribution >= 0.6 is 15.9 Å². The Labute approximate surface area is 124 Å². The lowest BCUT2D eigenvalue weighted by Gasteiger charge is -2.07. The van der Waals surface area contributed by atoms with Crippen molar-refractivity contribution < 1.29 is 9.66 Å². The summed E-state index contributed by atoms with van der Waals surface area (Å²) in [6.07, 6.45) is 0. The Bertz CT molecular complexity index is 634. The molecule has 0 saturated carbocycles. The zero-order valence-electron chi connectivity index (χ0n) is 10.7. The fraction of sp³-hybridized carbons (Fsp3) is 0.154. The molecule has 1 heterocycles. The fourth-order valence-electron chi connectivity index (χ4n) is 1.58. The minimum Gasteiger partial charge on any atom is -0.473 e. The van der Waals surface area contributed by atoms with E-state index in [9.17, 15) is 10.1 Å². The number of nitro groups is 1. The lowest BCUT2D eigenvalue weighted by Crippen LogP contribution is -2.01. The summed E-state index contributed by atoms with van der Waals surface area (Å²) in [5, 5.41) is 13.6. The molecule has 0 aliphatic rings. The van der Waals surface area contributed by atoms with E-state index in [2.05, 4.69) is 26.2 Å². The molecule has 0 unspecified atom stereocenters. The third-order valence-electron chi connectivity index (χ3n) is 2.53. The van der Waals surface area contributed by atoms with Gasteiger partial charge < -0.3 is 10.1 Å². The van der Waals surface area contributed by atoms with Crippen molar-refractivity contribution in [3.63, 3.8) is 0 Å². The summed E-state index contributed by atoms with van der Waals surface area (Å²) < 4.78 is 6.45. The first-order chi connectivity index (χ1) is 9.58. The van der Waals surface area contributed by atoms with E-state index in [4.69, 9.17) is 4.74 Å². The lowest BCUT2D eigenvalue weighted by molar-refractivity contribution is -0.384. The molecular formula is C13H12BrN3O3. The Balaban J connectivity index is 2.16. The summed E-state index contributed by atoms with van der Waals surface area (Å²) >= 11 is 3.37. The molecule has 2 rings (SSSR count). The molecule has 20 heavy (non-hydrogen) atoms. The number of pyridine rings is 1. The van der Waals surface area contributed by atoms with E-state index in [1.54, 1.807) is 7.05 Å². The Morgan fingerprint density at radius 1 is 1.40 bits per heavy atom. The van der Waals surface area contributed by atoms with E-state index in [1.807, 2.05) is 24.3 Å². The number of halogens is 1. The molecular weight excluding hydrogens is 326 g/mol. The van der Waals surface area contributed by atoms with Gasteiger partial charge in [0.25, 0.3) is 5.69 Å². The second-order valence-electron chi connectivity index (χ2n) is 3.97. The van der Waals surface area contributed by atoms with Gasteiger partial charge in [-0.15, -0.1) is 0 Å². The van der Waals surface area contributed by atoms with E-state index in [1.165, 1.54) is 12.1 Å². The van der Waals surface area contributed by atoms with Crippen LogP contribution in [0.4, 0.5) is 11.5 Å². The van der Waals surface area contributed by atoms with E-state index in [0.717, 1.165) is 10.0 Å². The van der Waals surface area contributed by atoms with Crippen LogP contribution in [0.1, 0.15) is 5.56 Å². The molecule has 1 aromatic heterocycles. The predicted molar refractivity (Wildman–Crippen MR) is 78.9 cm³/mol. The number of benzene rings is 1. The van der Waals surface area contributed by atoms with E-state index in [0.29, 0.717) is 5.82 Å². The summed E-state index contributed by atoms with van der Waals surface area (Å²) in [6, 6.07) is 10.3. The summed E-state index contributed by atoms with van der Waals surface area (Å²) in [5.74, 6) is 0.604. The summed E-state index contributed by atoms with van der Waals surface area (Å²) in [5.41, 5.74) is 0.882. The number of hydrogen-bond donors (Lipinski definition) is 1. The zero-order valence-corrected chi connectivity index (χ0v) is 12.3. The standard InChI is InChI=1S/C13H12BrN3O3/c1-15-12-6-11(17(18)19)7-13(16-12)20-8-9-3-2-4-10(14)5-9/h2-7H,8H2,1H3,(H,15,16). The van der Waals surface area contributed by atoms with E-state index < -0.39 is 4.92 Å². The Hall–Kier alpha value is -2.15. The maximum Gasteiger partial charge on any atom is 0.278 e. The number of hydrogen-bond acceptors (Lipinski definition) is 5. The van der Waals surface area contributed by atoms with Crippen molar-refractivity contribution in [1.82, 2.24) is 4.98 Å². The number of aromatic nitrogens is 1. The van der Waals surface area contributed by atoms with Gasteiger partial charge >= 0.3 is 0 Å². The van der Waals surface area contributed by atoms with Crippen molar-refractivity contribution in [2.24, 2.45) is 0 Å². The van der Waals surface area contributed by atoms with Gasteiger partial charge in [0, 0.05) is 11.5 Å². The van der Waals surface area contributed by atoms with Crippen LogP contribution in [0, 0.1) is 10.1 Å². The predicted octanol–water partition coefficient (Wildman–Crippen LogP) is 3.37. The quantitative estimate of drug-likeness (QED) is 0.668. The molecule has 6 nitrogen and oxygen atoms in total. The van der Waals surface area contributed by atoms with Crippen molar-refractivity contribution in [2.75, 3.05) is 12.4 Å². The molecule has 0 spiro atoms. The van der Waals surface area contributed by atoms with Crippen molar-refractivity contribution in [3.05, 3.63) is 56.5 Å². The zero-order chi connectivity index (χ0) is 14.5. The molecule has 2 aromatic rings. The van der Waals surface area contributed by atoms with E-state index >= 15 is 0 Å². The minimum atomic E-state index is -0.478. The Morgan fingerprint density at radius 2 is 2.20 bits per heavy atom. The Kier molecular flexibility index (Phi) is 4.52. The summed E-state index contributed by atoms with van der Waals surface area (Å²) in [4.78, 5) is 14.5. The van der Waals surface area contributed by atoms with Crippen molar-refractivity contribution >= 4 is 27.4 Å². The van der Waals surface area contributed by atoms with Gasteiger partial charge in [0.15, 0.2) is 0 Å². The smallest absolute Gasteiger partial charge is 0.278 e. The lowest BCUT2D eigenvalue weighted by atomic mass is 10.2. The molecule has 0 aliphatic carbocycles. The molecule has 0 radical (unpaired) electrons. The first-order valence-electron chi connectivity index (χ1n) is 5.80. The number of nitrogens with one attached hydrogen (secondary N) is 1. The van der Waals surface area contributed by atoms with Crippen LogP contribution in [-0.4, -0.2) is 17.0 Å². The average Bonchev–Trinajstić information content (AvgIpc) is 2.45. The molecule has 0 aliphatic heterocycles. The Morgan fingerprint density at radius 3 is 2.85 bits per heavy atom. The largest absolute Gasteiger partial charge is 0.473 e. The van der Waals surface area contributed by atoms with Gasteiger partial charge in [0.2, 0.25) is 5.88 Å². The van der Waals surface area contributed by atoms with Gasteiger partial charge in [-0.1, -0.05) is 28.1 Å². The number of rotatable bonds is 5. The number of ether oxygens (including phenoxy) is 1. The topological polar surface area (TPSA) is 77.3 Å². The molecule has 1 aromatic carbocycles. The first kappa shape index (κ1) is 14.3.